The number of rotatable bonds is 5. The lowest BCUT2D eigenvalue weighted by Gasteiger charge is -2.10. The van der Waals surface area contributed by atoms with Crippen molar-refractivity contribution in [3.05, 3.63) is 32.6 Å². The van der Waals surface area contributed by atoms with Gasteiger partial charge in [0.15, 0.2) is 5.96 Å². The van der Waals surface area contributed by atoms with Gasteiger partial charge in [-0.2, -0.15) is 0 Å². The van der Waals surface area contributed by atoms with Crippen LogP contribution in [0, 0.1) is 27.7 Å². The van der Waals surface area contributed by atoms with Gasteiger partial charge in [0.1, 0.15) is 10.8 Å². The molecule has 0 saturated heterocycles. The van der Waals surface area contributed by atoms with Crippen LogP contribution in [0.2, 0.25) is 0 Å². The highest BCUT2D eigenvalue weighted by molar-refractivity contribution is 14.0. The van der Waals surface area contributed by atoms with Crippen LogP contribution in [-0.4, -0.2) is 29.7 Å². The number of hydrogen-bond donors (Lipinski definition) is 2. The summed E-state index contributed by atoms with van der Waals surface area (Å²) in [5.41, 5.74) is 3.22. The van der Waals surface area contributed by atoms with Crippen molar-refractivity contribution < 1.29 is 4.52 Å². The van der Waals surface area contributed by atoms with Gasteiger partial charge in [0.25, 0.3) is 0 Å². The Balaban J connectivity index is 0.00000264. The normalized spacial score (nSPS) is 11.3. The van der Waals surface area contributed by atoms with Crippen molar-refractivity contribution in [3.8, 4) is 0 Å². The van der Waals surface area contributed by atoms with Crippen LogP contribution in [0.4, 0.5) is 0 Å². The minimum atomic E-state index is 0. The molecule has 0 aliphatic rings. The smallest absolute Gasteiger partial charge is 0.191 e. The summed E-state index contributed by atoms with van der Waals surface area (Å²) in [5, 5.41) is 11.6. The van der Waals surface area contributed by atoms with Gasteiger partial charge in [-0.25, -0.2) is 4.98 Å². The van der Waals surface area contributed by atoms with Crippen LogP contribution < -0.4 is 10.6 Å². The SMILES string of the molecule is CN=C(NCCc1c(C)noc1C)NCc1nc(C)c(C)s1.I. The van der Waals surface area contributed by atoms with Gasteiger partial charge in [-0.3, -0.25) is 4.99 Å². The summed E-state index contributed by atoms with van der Waals surface area (Å²) in [7, 11) is 1.77. The van der Waals surface area contributed by atoms with E-state index in [1.54, 1.807) is 18.4 Å². The van der Waals surface area contributed by atoms with E-state index in [1.165, 1.54) is 4.88 Å². The fourth-order valence-electron chi connectivity index (χ4n) is 2.16. The number of nitrogens with one attached hydrogen (secondary N) is 2. The Bertz CT molecular complexity index is 626. The minimum absolute atomic E-state index is 0. The molecule has 2 heterocycles. The molecule has 6 nitrogen and oxygen atoms in total. The fourth-order valence-corrected chi connectivity index (χ4v) is 3.03. The number of aromatic nitrogens is 2. The molecule has 2 rings (SSSR count). The lowest BCUT2D eigenvalue weighted by atomic mass is 10.1. The summed E-state index contributed by atoms with van der Waals surface area (Å²) in [5.74, 6) is 1.66. The first-order chi connectivity index (χ1) is 10.5. The molecular formula is C15H24IN5OS. The largest absolute Gasteiger partial charge is 0.361 e. The monoisotopic (exact) mass is 449 g/mol. The number of nitrogens with zero attached hydrogens (tertiary/aromatic N) is 3. The second-order valence-corrected chi connectivity index (χ2v) is 6.44. The van der Waals surface area contributed by atoms with Crippen LogP contribution in [0.5, 0.6) is 0 Å². The van der Waals surface area contributed by atoms with E-state index in [1.807, 2.05) is 20.8 Å². The first-order valence-corrected chi connectivity index (χ1v) is 8.12. The van der Waals surface area contributed by atoms with E-state index in [-0.39, 0.29) is 24.0 Å². The number of aliphatic imine (C=N–C) groups is 1. The molecule has 0 bridgehead atoms. The standard InChI is InChI=1S/C15H23N5OS.HI/c1-9-12(4)22-14(19-9)8-18-15(16-5)17-7-6-13-10(2)20-21-11(13)3;/h6-8H2,1-5H3,(H2,16,17,18);1H. The second kappa shape index (κ2) is 9.21. The van der Waals surface area contributed by atoms with Crippen molar-refractivity contribution in [2.45, 2.75) is 40.7 Å². The molecule has 128 valence electrons. The van der Waals surface area contributed by atoms with Gasteiger partial charge in [0, 0.05) is 24.0 Å². The molecule has 2 N–H and O–H groups in total. The zero-order valence-electron chi connectivity index (χ0n) is 14.2. The van der Waals surface area contributed by atoms with E-state index in [0.717, 1.165) is 46.6 Å². The van der Waals surface area contributed by atoms with Gasteiger partial charge in [-0.05, 0) is 34.1 Å². The molecule has 0 radical (unpaired) electrons. The Labute approximate surface area is 158 Å². The third-order valence-electron chi connectivity index (χ3n) is 3.55. The summed E-state index contributed by atoms with van der Waals surface area (Å²) in [6.07, 6.45) is 0.858. The number of hydrogen-bond acceptors (Lipinski definition) is 5. The highest BCUT2D eigenvalue weighted by Crippen LogP contribution is 2.16. The van der Waals surface area contributed by atoms with Gasteiger partial charge in [-0.15, -0.1) is 35.3 Å². The fraction of sp³-hybridized carbons (Fsp3) is 0.533. The Morgan fingerprint density at radius 2 is 1.91 bits per heavy atom. The molecule has 23 heavy (non-hydrogen) atoms. The molecule has 2 aromatic heterocycles. The third kappa shape index (κ3) is 5.45. The predicted molar refractivity (Wildman–Crippen MR) is 105 cm³/mol. The minimum Gasteiger partial charge on any atom is -0.361 e. The second-order valence-electron chi connectivity index (χ2n) is 5.15. The third-order valence-corrected chi connectivity index (χ3v) is 4.62. The van der Waals surface area contributed by atoms with Crippen molar-refractivity contribution in [2.24, 2.45) is 4.99 Å². The molecule has 0 spiro atoms. The maximum atomic E-state index is 5.17. The van der Waals surface area contributed by atoms with Crippen molar-refractivity contribution in [1.29, 1.82) is 0 Å². The summed E-state index contributed by atoms with van der Waals surface area (Å²) in [4.78, 5) is 10.0. The summed E-state index contributed by atoms with van der Waals surface area (Å²) < 4.78 is 5.17. The molecule has 0 unspecified atom stereocenters. The van der Waals surface area contributed by atoms with Crippen LogP contribution in [0.15, 0.2) is 9.52 Å². The van der Waals surface area contributed by atoms with Crippen molar-refractivity contribution in [2.75, 3.05) is 13.6 Å². The summed E-state index contributed by atoms with van der Waals surface area (Å²) in [6, 6.07) is 0. The maximum absolute atomic E-state index is 5.17. The molecule has 0 aromatic carbocycles. The van der Waals surface area contributed by atoms with Crippen LogP contribution in [0.1, 0.15) is 32.6 Å². The van der Waals surface area contributed by atoms with Crippen molar-refractivity contribution in [1.82, 2.24) is 20.8 Å². The van der Waals surface area contributed by atoms with Crippen molar-refractivity contribution in [3.63, 3.8) is 0 Å². The van der Waals surface area contributed by atoms with Gasteiger partial charge in [0.05, 0.1) is 17.9 Å². The highest BCUT2D eigenvalue weighted by atomic mass is 127. The van der Waals surface area contributed by atoms with Crippen LogP contribution in [0.3, 0.4) is 0 Å². The predicted octanol–water partition coefficient (Wildman–Crippen LogP) is 2.89. The molecule has 0 aliphatic carbocycles. The Morgan fingerprint density at radius 3 is 2.43 bits per heavy atom. The van der Waals surface area contributed by atoms with E-state index >= 15 is 0 Å². The molecule has 0 aliphatic heterocycles. The van der Waals surface area contributed by atoms with E-state index in [4.69, 9.17) is 4.52 Å². The Morgan fingerprint density at radius 1 is 1.17 bits per heavy atom. The average Bonchev–Trinajstić information content (AvgIpc) is 2.98. The quantitative estimate of drug-likeness (QED) is 0.417. The molecule has 0 atom stereocenters. The van der Waals surface area contributed by atoms with Crippen LogP contribution in [0.25, 0.3) is 0 Å². The van der Waals surface area contributed by atoms with Gasteiger partial charge >= 0.3 is 0 Å². The van der Waals surface area contributed by atoms with E-state index in [9.17, 15) is 0 Å². The van der Waals surface area contributed by atoms with E-state index < -0.39 is 0 Å². The maximum Gasteiger partial charge on any atom is 0.191 e. The lowest BCUT2D eigenvalue weighted by molar-refractivity contribution is 0.392. The lowest BCUT2D eigenvalue weighted by Crippen LogP contribution is -2.37. The van der Waals surface area contributed by atoms with Gasteiger partial charge < -0.3 is 15.2 Å². The molecule has 0 fully saturated rings. The van der Waals surface area contributed by atoms with Gasteiger partial charge in [-0.1, -0.05) is 5.16 Å². The number of aryl methyl sites for hydroxylation is 4. The zero-order valence-corrected chi connectivity index (χ0v) is 17.3. The topological polar surface area (TPSA) is 75.3 Å². The van der Waals surface area contributed by atoms with Crippen molar-refractivity contribution >= 4 is 41.3 Å². The zero-order chi connectivity index (χ0) is 16.1. The number of thiazole rings is 1. The van der Waals surface area contributed by atoms with E-state index in [0.29, 0.717) is 6.54 Å². The number of halogens is 1. The first-order valence-electron chi connectivity index (χ1n) is 7.30. The molecular weight excluding hydrogens is 425 g/mol. The number of guanidine groups is 1. The average molecular weight is 449 g/mol. The molecule has 2 aromatic rings. The van der Waals surface area contributed by atoms with Crippen LogP contribution >= 0.6 is 35.3 Å². The summed E-state index contributed by atoms with van der Waals surface area (Å²) >= 11 is 1.72. The Hall–Kier alpha value is -1.16. The summed E-state index contributed by atoms with van der Waals surface area (Å²) in [6.45, 7) is 9.49. The molecule has 8 heteroatoms. The first kappa shape index (κ1) is 19.9. The van der Waals surface area contributed by atoms with Crippen LogP contribution in [-0.2, 0) is 13.0 Å². The van der Waals surface area contributed by atoms with Gasteiger partial charge in [0.2, 0.25) is 0 Å². The van der Waals surface area contributed by atoms with E-state index in [2.05, 4.69) is 32.7 Å². The Kier molecular flexibility index (Phi) is 7.97. The molecule has 0 saturated carbocycles. The highest BCUT2D eigenvalue weighted by Gasteiger charge is 2.09. The molecule has 0 amide bonds.